The van der Waals surface area contributed by atoms with Gasteiger partial charge in [0.1, 0.15) is 17.7 Å². The molecule has 0 rings (SSSR count). The van der Waals surface area contributed by atoms with Crippen LogP contribution in [0.25, 0.3) is 0 Å². The van der Waals surface area contributed by atoms with Crippen LogP contribution in [0.15, 0.2) is 23.9 Å². The molecule has 140 valence electrons. The van der Waals surface area contributed by atoms with Crippen LogP contribution in [0.2, 0.25) is 0 Å². The van der Waals surface area contributed by atoms with E-state index in [-0.39, 0.29) is 5.57 Å². The summed E-state index contributed by atoms with van der Waals surface area (Å²) in [6.45, 7) is 6.63. The van der Waals surface area contributed by atoms with E-state index >= 15 is 0 Å². The predicted octanol–water partition coefficient (Wildman–Crippen LogP) is 6.50. The molecule has 0 amide bonds. The van der Waals surface area contributed by atoms with E-state index in [9.17, 15) is 0 Å². The fourth-order valence-electron chi connectivity index (χ4n) is 2.81. The van der Waals surface area contributed by atoms with Crippen molar-refractivity contribution in [1.29, 1.82) is 10.5 Å². The molecule has 3 nitrogen and oxygen atoms in total. The average Bonchev–Trinajstić information content (AvgIpc) is 2.63. The molecule has 0 fully saturated rings. The van der Waals surface area contributed by atoms with Gasteiger partial charge in [-0.1, -0.05) is 78.1 Å². The van der Waals surface area contributed by atoms with Gasteiger partial charge in [-0.05, 0) is 31.2 Å². The van der Waals surface area contributed by atoms with E-state index in [1.807, 2.05) is 24.4 Å². The van der Waals surface area contributed by atoms with Crippen molar-refractivity contribution >= 4 is 0 Å². The highest BCUT2D eigenvalue weighted by molar-refractivity contribution is 5.37. The number of nitrogens with zero attached hydrogens (tertiary/aromatic N) is 3. The SMILES string of the molecule is CCCCCCCCN(C=CC=C(C#N)C#N)CCCCCCCC. The summed E-state index contributed by atoms with van der Waals surface area (Å²) in [6.07, 6.45) is 21.1. The Morgan fingerprint density at radius 2 is 1.16 bits per heavy atom. The van der Waals surface area contributed by atoms with E-state index < -0.39 is 0 Å². The predicted molar refractivity (Wildman–Crippen MR) is 107 cm³/mol. The molecule has 0 bridgehead atoms. The van der Waals surface area contributed by atoms with E-state index in [1.54, 1.807) is 6.08 Å². The molecule has 25 heavy (non-hydrogen) atoms. The van der Waals surface area contributed by atoms with Crippen LogP contribution in [0.1, 0.15) is 90.9 Å². The normalized spacial score (nSPS) is 10.4. The van der Waals surface area contributed by atoms with Crippen LogP contribution in [0, 0.1) is 22.7 Å². The maximum Gasteiger partial charge on any atom is 0.129 e. The lowest BCUT2D eigenvalue weighted by molar-refractivity contribution is 0.349. The Kier molecular flexibility index (Phi) is 17.3. The lowest BCUT2D eigenvalue weighted by Gasteiger charge is -2.20. The molecule has 0 saturated heterocycles. The Balaban J connectivity index is 4.22. The van der Waals surface area contributed by atoms with E-state index in [1.165, 1.54) is 77.0 Å². The Labute approximate surface area is 156 Å². The van der Waals surface area contributed by atoms with E-state index in [4.69, 9.17) is 10.5 Å². The molecular weight excluding hydrogens is 306 g/mol. The molecule has 0 saturated carbocycles. The Morgan fingerprint density at radius 3 is 1.60 bits per heavy atom. The summed E-state index contributed by atoms with van der Waals surface area (Å²) in [7, 11) is 0. The van der Waals surface area contributed by atoms with E-state index in [0.717, 1.165) is 13.1 Å². The van der Waals surface area contributed by atoms with Gasteiger partial charge in [0.05, 0.1) is 0 Å². The topological polar surface area (TPSA) is 50.8 Å². The van der Waals surface area contributed by atoms with Crippen molar-refractivity contribution < 1.29 is 0 Å². The summed E-state index contributed by atoms with van der Waals surface area (Å²) in [5, 5.41) is 17.6. The minimum atomic E-state index is 0.162. The Hall–Kier alpha value is -1.74. The third-order valence-corrected chi connectivity index (χ3v) is 4.40. The smallest absolute Gasteiger partial charge is 0.129 e. The first-order chi connectivity index (χ1) is 12.3. The molecule has 0 heterocycles. The van der Waals surface area contributed by atoms with Crippen molar-refractivity contribution in [2.75, 3.05) is 13.1 Å². The molecule has 0 aromatic heterocycles. The molecule has 0 N–H and O–H groups in total. The summed E-state index contributed by atoms with van der Waals surface area (Å²) < 4.78 is 0. The van der Waals surface area contributed by atoms with Gasteiger partial charge in [0, 0.05) is 13.1 Å². The van der Waals surface area contributed by atoms with Crippen molar-refractivity contribution in [2.45, 2.75) is 90.9 Å². The Bertz CT molecular complexity index is 405. The second-order valence-electron chi connectivity index (χ2n) is 6.72. The molecule has 0 aliphatic heterocycles. The van der Waals surface area contributed by atoms with Crippen molar-refractivity contribution in [1.82, 2.24) is 4.90 Å². The van der Waals surface area contributed by atoms with Gasteiger partial charge in [0.2, 0.25) is 0 Å². The molecular formula is C22H37N3. The second kappa shape index (κ2) is 18.6. The standard InChI is InChI=1S/C22H37N3/c1-3-5-7-9-11-13-17-25(18-14-12-10-8-6-4-2)19-15-16-22(20-23)21-24/h15-16,19H,3-14,17-18H2,1-2H3. The van der Waals surface area contributed by atoms with Crippen LogP contribution in [0.5, 0.6) is 0 Å². The highest BCUT2D eigenvalue weighted by Crippen LogP contribution is 2.09. The summed E-state index contributed by atoms with van der Waals surface area (Å²) >= 11 is 0. The maximum atomic E-state index is 8.79. The van der Waals surface area contributed by atoms with Crippen LogP contribution < -0.4 is 0 Å². The largest absolute Gasteiger partial charge is 0.377 e. The molecule has 0 aromatic carbocycles. The number of unbranched alkanes of at least 4 members (excludes halogenated alkanes) is 10. The maximum absolute atomic E-state index is 8.79. The first-order valence-electron chi connectivity index (χ1n) is 10.2. The first-order valence-corrected chi connectivity index (χ1v) is 10.2. The van der Waals surface area contributed by atoms with Crippen molar-refractivity contribution in [3.05, 3.63) is 23.9 Å². The number of rotatable bonds is 16. The highest BCUT2D eigenvalue weighted by atomic mass is 15.1. The summed E-state index contributed by atoms with van der Waals surface area (Å²) in [5.41, 5.74) is 0.162. The quantitative estimate of drug-likeness (QED) is 0.183. The minimum Gasteiger partial charge on any atom is -0.377 e. The molecule has 3 heteroatoms. The zero-order chi connectivity index (χ0) is 18.6. The summed E-state index contributed by atoms with van der Waals surface area (Å²) in [5.74, 6) is 0. The molecule has 0 atom stereocenters. The fourth-order valence-corrected chi connectivity index (χ4v) is 2.81. The van der Waals surface area contributed by atoms with Crippen LogP contribution >= 0.6 is 0 Å². The monoisotopic (exact) mass is 343 g/mol. The number of hydrogen-bond acceptors (Lipinski definition) is 3. The lowest BCUT2D eigenvalue weighted by Crippen LogP contribution is -2.20. The van der Waals surface area contributed by atoms with Crippen molar-refractivity contribution in [3.63, 3.8) is 0 Å². The highest BCUT2D eigenvalue weighted by Gasteiger charge is 2.00. The zero-order valence-electron chi connectivity index (χ0n) is 16.5. The molecule has 0 aromatic rings. The van der Waals surface area contributed by atoms with Gasteiger partial charge in [-0.15, -0.1) is 0 Å². The number of allylic oxidation sites excluding steroid dienone is 3. The average molecular weight is 344 g/mol. The second-order valence-corrected chi connectivity index (χ2v) is 6.72. The van der Waals surface area contributed by atoms with E-state index in [2.05, 4.69) is 18.7 Å². The third kappa shape index (κ3) is 15.5. The van der Waals surface area contributed by atoms with Crippen LogP contribution in [-0.2, 0) is 0 Å². The van der Waals surface area contributed by atoms with Gasteiger partial charge < -0.3 is 4.90 Å². The van der Waals surface area contributed by atoms with Crippen molar-refractivity contribution in [3.8, 4) is 12.1 Å². The molecule has 0 radical (unpaired) electrons. The van der Waals surface area contributed by atoms with Gasteiger partial charge in [-0.3, -0.25) is 0 Å². The molecule has 0 aliphatic rings. The molecule has 0 spiro atoms. The summed E-state index contributed by atoms with van der Waals surface area (Å²) in [6, 6.07) is 3.80. The number of nitriles is 2. The zero-order valence-corrected chi connectivity index (χ0v) is 16.5. The third-order valence-electron chi connectivity index (χ3n) is 4.40. The Morgan fingerprint density at radius 1 is 0.720 bits per heavy atom. The fraction of sp³-hybridized carbons (Fsp3) is 0.727. The summed E-state index contributed by atoms with van der Waals surface area (Å²) in [4.78, 5) is 2.35. The van der Waals surface area contributed by atoms with Crippen LogP contribution in [-0.4, -0.2) is 18.0 Å². The first kappa shape index (κ1) is 23.3. The lowest BCUT2D eigenvalue weighted by atomic mass is 10.1. The molecule has 0 unspecified atom stereocenters. The van der Waals surface area contributed by atoms with E-state index in [0.29, 0.717) is 0 Å². The van der Waals surface area contributed by atoms with Gasteiger partial charge in [0.25, 0.3) is 0 Å². The van der Waals surface area contributed by atoms with Gasteiger partial charge in [-0.2, -0.15) is 10.5 Å². The van der Waals surface area contributed by atoms with Crippen LogP contribution in [0.3, 0.4) is 0 Å². The van der Waals surface area contributed by atoms with Gasteiger partial charge >= 0.3 is 0 Å². The molecule has 0 aliphatic carbocycles. The van der Waals surface area contributed by atoms with Crippen molar-refractivity contribution in [2.24, 2.45) is 0 Å². The number of hydrogen-bond donors (Lipinski definition) is 0. The van der Waals surface area contributed by atoms with Crippen LogP contribution in [0.4, 0.5) is 0 Å². The van der Waals surface area contributed by atoms with Gasteiger partial charge in [0.15, 0.2) is 0 Å². The minimum absolute atomic E-state index is 0.162. The van der Waals surface area contributed by atoms with Gasteiger partial charge in [-0.25, -0.2) is 0 Å².